The Kier molecular flexibility index (Phi) is 3.37. The summed E-state index contributed by atoms with van der Waals surface area (Å²) in [5.74, 6) is 1.30. The topological polar surface area (TPSA) is 50.9 Å². The van der Waals surface area contributed by atoms with Crippen molar-refractivity contribution in [3.63, 3.8) is 0 Å². The van der Waals surface area contributed by atoms with Gasteiger partial charge in [-0.1, -0.05) is 23.7 Å². The zero-order chi connectivity index (χ0) is 13.4. The molecule has 1 aliphatic carbocycles. The van der Waals surface area contributed by atoms with Gasteiger partial charge in [0.2, 0.25) is 0 Å². The molecule has 1 fully saturated rings. The van der Waals surface area contributed by atoms with Gasteiger partial charge in [-0.25, -0.2) is 0 Å². The van der Waals surface area contributed by atoms with Crippen LogP contribution in [0.3, 0.4) is 0 Å². The normalized spacial score (nSPS) is 16.3. The first kappa shape index (κ1) is 12.8. The molecule has 19 heavy (non-hydrogen) atoms. The van der Waals surface area contributed by atoms with E-state index in [0.717, 1.165) is 10.0 Å². The summed E-state index contributed by atoms with van der Waals surface area (Å²) in [7, 11) is 0. The zero-order valence-corrected chi connectivity index (χ0v) is 12.3. The molecule has 2 aromatic rings. The first-order valence-corrected chi connectivity index (χ1v) is 7.57. The number of rotatable bonds is 4. The fourth-order valence-electron chi connectivity index (χ4n) is 2.21. The minimum atomic E-state index is 0.217. The monoisotopic (exact) mass is 293 g/mol. The van der Waals surface area contributed by atoms with Gasteiger partial charge in [-0.15, -0.1) is 0 Å². The van der Waals surface area contributed by atoms with E-state index in [0.29, 0.717) is 11.7 Å². The summed E-state index contributed by atoms with van der Waals surface area (Å²) in [6, 6.07) is 8.13. The average Bonchev–Trinajstić information content (AvgIpc) is 3.16. The fourth-order valence-corrected chi connectivity index (χ4v) is 3.22. The molecule has 5 heteroatoms. The van der Waals surface area contributed by atoms with Gasteiger partial charge in [0, 0.05) is 16.6 Å². The average molecular weight is 294 g/mol. The Hall–Kier alpha value is -1.26. The Morgan fingerprint density at radius 1 is 1.37 bits per heavy atom. The molecule has 3 nitrogen and oxygen atoms in total. The predicted octanol–water partition coefficient (Wildman–Crippen LogP) is 4.43. The SMILES string of the molecule is CC(Nc1snc(N)c1C1CC1)c1ccc(Cl)cc1. The molecule has 1 atom stereocenters. The van der Waals surface area contributed by atoms with Gasteiger partial charge in [0.15, 0.2) is 0 Å². The molecule has 0 amide bonds. The number of hydrogen-bond donors (Lipinski definition) is 2. The molecular formula is C14H16ClN3S. The van der Waals surface area contributed by atoms with E-state index in [-0.39, 0.29) is 6.04 Å². The van der Waals surface area contributed by atoms with Crippen LogP contribution in [-0.2, 0) is 0 Å². The number of hydrogen-bond acceptors (Lipinski definition) is 4. The van der Waals surface area contributed by atoms with Crippen molar-refractivity contribution < 1.29 is 0 Å². The number of aromatic nitrogens is 1. The van der Waals surface area contributed by atoms with Crippen molar-refractivity contribution in [3.05, 3.63) is 40.4 Å². The molecule has 1 aliphatic rings. The largest absolute Gasteiger partial charge is 0.383 e. The van der Waals surface area contributed by atoms with Crippen LogP contribution in [0.5, 0.6) is 0 Å². The second kappa shape index (κ2) is 5.02. The van der Waals surface area contributed by atoms with Gasteiger partial charge in [0.05, 0.1) is 0 Å². The number of anilines is 2. The van der Waals surface area contributed by atoms with E-state index in [1.54, 1.807) is 0 Å². The Bertz CT molecular complexity index is 575. The van der Waals surface area contributed by atoms with Gasteiger partial charge in [0.1, 0.15) is 10.8 Å². The Morgan fingerprint density at radius 3 is 2.68 bits per heavy atom. The molecule has 1 saturated carbocycles. The second-order valence-electron chi connectivity index (χ2n) is 5.00. The summed E-state index contributed by atoms with van der Waals surface area (Å²) in [4.78, 5) is 0. The third kappa shape index (κ3) is 2.69. The smallest absolute Gasteiger partial charge is 0.142 e. The van der Waals surface area contributed by atoms with Gasteiger partial charge in [-0.05, 0) is 54.9 Å². The quantitative estimate of drug-likeness (QED) is 0.877. The molecule has 0 aliphatic heterocycles. The van der Waals surface area contributed by atoms with Crippen LogP contribution < -0.4 is 11.1 Å². The maximum Gasteiger partial charge on any atom is 0.142 e. The standard InChI is InChI=1S/C14H16ClN3S/c1-8(9-4-6-11(15)7-5-9)17-14-12(10-2-3-10)13(16)18-19-14/h4-8,10,17H,2-3H2,1H3,(H2,16,18). The highest BCUT2D eigenvalue weighted by molar-refractivity contribution is 7.10. The summed E-state index contributed by atoms with van der Waals surface area (Å²) in [6.45, 7) is 2.13. The fraction of sp³-hybridized carbons (Fsp3) is 0.357. The lowest BCUT2D eigenvalue weighted by molar-refractivity contribution is 0.885. The van der Waals surface area contributed by atoms with E-state index in [1.807, 2.05) is 24.3 Å². The number of nitrogens with two attached hydrogens (primary N) is 1. The van der Waals surface area contributed by atoms with Gasteiger partial charge in [0.25, 0.3) is 0 Å². The third-order valence-electron chi connectivity index (χ3n) is 3.46. The lowest BCUT2D eigenvalue weighted by atomic mass is 10.1. The molecule has 1 heterocycles. The predicted molar refractivity (Wildman–Crippen MR) is 82.0 cm³/mol. The van der Waals surface area contributed by atoms with Crippen molar-refractivity contribution in [2.24, 2.45) is 0 Å². The summed E-state index contributed by atoms with van der Waals surface area (Å²) < 4.78 is 4.27. The molecule has 0 spiro atoms. The van der Waals surface area contributed by atoms with E-state index in [2.05, 4.69) is 16.6 Å². The van der Waals surface area contributed by atoms with Crippen molar-refractivity contribution >= 4 is 34.0 Å². The summed E-state index contributed by atoms with van der Waals surface area (Å²) in [5, 5.41) is 5.40. The summed E-state index contributed by atoms with van der Waals surface area (Å²) in [5.41, 5.74) is 8.38. The highest BCUT2D eigenvalue weighted by Crippen LogP contribution is 2.48. The Morgan fingerprint density at radius 2 is 2.05 bits per heavy atom. The first-order chi connectivity index (χ1) is 9.15. The zero-order valence-electron chi connectivity index (χ0n) is 10.7. The van der Waals surface area contributed by atoms with Crippen molar-refractivity contribution in [2.75, 3.05) is 11.1 Å². The van der Waals surface area contributed by atoms with Crippen LogP contribution in [0.25, 0.3) is 0 Å². The number of halogens is 1. The van der Waals surface area contributed by atoms with Gasteiger partial charge < -0.3 is 11.1 Å². The maximum absolute atomic E-state index is 5.96. The molecule has 1 unspecified atom stereocenters. The summed E-state index contributed by atoms with van der Waals surface area (Å²) in [6.07, 6.45) is 2.46. The maximum atomic E-state index is 5.96. The van der Waals surface area contributed by atoms with E-state index in [1.165, 1.54) is 35.5 Å². The molecule has 100 valence electrons. The van der Waals surface area contributed by atoms with E-state index >= 15 is 0 Å². The van der Waals surface area contributed by atoms with Gasteiger partial charge in [-0.2, -0.15) is 4.37 Å². The first-order valence-electron chi connectivity index (χ1n) is 6.42. The minimum absolute atomic E-state index is 0.217. The lowest BCUT2D eigenvalue weighted by Crippen LogP contribution is -2.06. The van der Waals surface area contributed by atoms with Crippen LogP contribution >= 0.6 is 23.1 Å². The molecule has 3 N–H and O–H groups in total. The van der Waals surface area contributed by atoms with E-state index < -0.39 is 0 Å². The molecule has 0 saturated heterocycles. The molecular weight excluding hydrogens is 278 g/mol. The number of nitrogen functional groups attached to an aromatic ring is 1. The van der Waals surface area contributed by atoms with E-state index in [9.17, 15) is 0 Å². The van der Waals surface area contributed by atoms with Crippen molar-refractivity contribution in [2.45, 2.75) is 31.7 Å². The van der Waals surface area contributed by atoms with Crippen LogP contribution in [0.1, 0.15) is 42.9 Å². The van der Waals surface area contributed by atoms with Crippen molar-refractivity contribution in [1.82, 2.24) is 4.37 Å². The molecule has 0 radical (unpaired) electrons. The van der Waals surface area contributed by atoms with Gasteiger partial charge in [-0.3, -0.25) is 0 Å². The van der Waals surface area contributed by atoms with Crippen LogP contribution in [0, 0.1) is 0 Å². The van der Waals surface area contributed by atoms with Gasteiger partial charge >= 0.3 is 0 Å². The van der Waals surface area contributed by atoms with Crippen molar-refractivity contribution in [3.8, 4) is 0 Å². The number of nitrogens with one attached hydrogen (secondary N) is 1. The van der Waals surface area contributed by atoms with E-state index in [4.69, 9.17) is 17.3 Å². The second-order valence-corrected chi connectivity index (χ2v) is 6.21. The molecule has 1 aromatic carbocycles. The van der Waals surface area contributed by atoms with Crippen LogP contribution in [-0.4, -0.2) is 4.37 Å². The molecule has 3 rings (SSSR count). The number of benzene rings is 1. The van der Waals surface area contributed by atoms with Crippen LogP contribution in [0.15, 0.2) is 24.3 Å². The molecule has 0 bridgehead atoms. The highest BCUT2D eigenvalue weighted by atomic mass is 35.5. The van der Waals surface area contributed by atoms with Crippen LogP contribution in [0.2, 0.25) is 5.02 Å². The highest BCUT2D eigenvalue weighted by Gasteiger charge is 2.30. The van der Waals surface area contributed by atoms with Crippen molar-refractivity contribution in [1.29, 1.82) is 0 Å². The third-order valence-corrected chi connectivity index (χ3v) is 4.52. The van der Waals surface area contributed by atoms with Crippen LogP contribution in [0.4, 0.5) is 10.8 Å². The Labute approximate surface area is 122 Å². The minimum Gasteiger partial charge on any atom is -0.383 e. The summed E-state index contributed by atoms with van der Waals surface area (Å²) >= 11 is 7.37. The molecule has 1 aromatic heterocycles. The lowest BCUT2D eigenvalue weighted by Gasteiger charge is -2.15. The number of nitrogens with zero attached hydrogens (tertiary/aromatic N) is 1. The Balaban J connectivity index is 1.79.